The van der Waals surface area contributed by atoms with E-state index in [9.17, 15) is 4.79 Å². The molecule has 1 aromatic rings. The van der Waals surface area contributed by atoms with Crippen LogP contribution >= 0.6 is 57.6 Å². The minimum Gasteiger partial charge on any atom is -0.495 e. The van der Waals surface area contributed by atoms with E-state index in [0.29, 0.717) is 12.1 Å². The lowest BCUT2D eigenvalue weighted by molar-refractivity contribution is -0.150. The lowest BCUT2D eigenvalue weighted by Crippen LogP contribution is -2.49. The molecule has 0 N–H and O–H groups in total. The normalized spacial score (nSPS) is 29.0. The first-order valence-corrected chi connectivity index (χ1v) is 9.96. The lowest BCUT2D eigenvalue weighted by atomic mass is 9.76. The van der Waals surface area contributed by atoms with Gasteiger partial charge in [-0.05, 0) is 89.2 Å². The van der Waals surface area contributed by atoms with Crippen molar-refractivity contribution in [3.8, 4) is 5.75 Å². The Balaban J connectivity index is 0.00000208. The quantitative estimate of drug-likeness (QED) is 0.401. The average Bonchev–Trinajstić information content (AvgIpc) is 2.76. The Hall–Kier alpha value is 0.200. The van der Waals surface area contributed by atoms with E-state index in [2.05, 4.69) is 69.3 Å². The molecule has 2 heterocycles. The van der Waals surface area contributed by atoms with Gasteiger partial charge in [-0.25, -0.2) is 0 Å². The van der Waals surface area contributed by atoms with Gasteiger partial charge in [0.1, 0.15) is 5.75 Å². The fourth-order valence-corrected chi connectivity index (χ4v) is 6.51. The summed E-state index contributed by atoms with van der Waals surface area (Å²) in [4.78, 5) is 14.9. The van der Waals surface area contributed by atoms with Crippen LogP contribution in [0.15, 0.2) is 12.1 Å². The first-order chi connectivity index (χ1) is 11.0. The molecular weight excluding hydrogens is 555 g/mol. The van der Waals surface area contributed by atoms with Crippen LogP contribution in [0.1, 0.15) is 30.7 Å². The molecule has 2 bridgehead atoms. The Morgan fingerprint density at radius 1 is 1.21 bits per heavy atom. The number of methoxy groups -OCH3 is 2. The standard InChI is InChI=1S/C17H21I2NO3.ClH/c1-20-10-4-5-14(20)15(17(21)23-3)11(8-10)9-6-12(18)16(22-2)13(19)7-9;/h6-7,10-11,14-15H,4-5,8H2,1-3H3;1H/t10-,11+,14+,15-;/m0./s1. The van der Waals surface area contributed by atoms with Crippen molar-refractivity contribution in [2.45, 2.75) is 37.3 Å². The molecule has 0 aliphatic carbocycles. The third-order valence-corrected chi connectivity index (χ3v) is 7.00. The predicted molar refractivity (Wildman–Crippen MR) is 113 cm³/mol. The van der Waals surface area contributed by atoms with Crippen molar-refractivity contribution in [1.29, 1.82) is 0 Å². The summed E-state index contributed by atoms with van der Waals surface area (Å²) in [6, 6.07) is 5.21. The van der Waals surface area contributed by atoms with Crippen LogP contribution in [0.2, 0.25) is 0 Å². The highest BCUT2D eigenvalue weighted by molar-refractivity contribution is 14.1. The van der Waals surface area contributed by atoms with Crippen LogP contribution in [-0.4, -0.2) is 44.2 Å². The zero-order valence-corrected chi connectivity index (χ0v) is 19.1. The molecule has 7 heteroatoms. The summed E-state index contributed by atoms with van der Waals surface area (Å²) in [5.41, 5.74) is 1.24. The maximum Gasteiger partial charge on any atom is 0.310 e. The number of halogens is 3. The minimum absolute atomic E-state index is 0. The van der Waals surface area contributed by atoms with Crippen LogP contribution < -0.4 is 4.74 Å². The van der Waals surface area contributed by atoms with Gasteiger partial charge in [0.15, 0.2) is 0 Å². The van der Waals surface area contributed by atoms with Gasteiger partial charge < -0.3 is 9.47 Å². The van der Waals surface area contributed by atoms with Gasteiger partial charge in [-0.3, -0.25) is 9.69 Å². The third-order valence-electron chi connectivity index (χ3n) is 5.40. The van der Waals surface area contributed by atoms with Gasteiger partial charge in [0, 0.05) is 18.0 Å². The Morgan fingerprint density at radius 3 is 2.38 bits per heavy atom. The van der Waals surface area contributed by atoms with E-state index in [1.54, 1.807) is 7.11 Å². The van der Waals surface area contributed by atoms with Gasteiger partial charge in [-0.2, -0.15) is 0 Å². The van der Waals surface area contributed by atoms with E-state index < -0.39 is 0 Å². The highest BCUT2D eigenvalue weighted by atomic mass is 127. The van der Waals surface area contributed by atoms with E-state index in [-0.39, 0.29) is 30.2 Å². The van der Waals surface area contributed by atoms with Gasteiger partial charge >= 0.3 is 5.97 Å². The molecule has 24 heavy (non-hydrogen) atoms. The number of esters is 1. The Bertz CT molecular complexity index is 605. The van der Waals surface area contributed by atoms with E-state index in [0.717, 1.165) is 25.7 Å². The molecule has 3 rings (SSSR count). The maximum atomic E-state index is 12.5. The fourth-order valence-electron chi connectivity index (χ4n) is 4.26. The molecule has 0 radical (unpaired) electrons. The summed E-state index contributed by atoms with van der Waals surface area (Å²) < 4.78 is 12.8. The number of ether oxygens (including phenoxy) is 2. The molecule has 2 fully saturated rings. The zero-order chi connectivity index (χ0) is 16.7. The number of carbonyl (C=O) groups is 1. The van der Waals surface area contributed by atoms with Crippen LogP contribution in [-0.2, 0) is 9.53 Å². The molecule has 4 atom stereocenters. The van der Waals surface area contributed by atoms with E-state index >= 15 is 0 Å². The number of hydrogen-bond donors (Lipinski definition) is 0. The van der Waals surface area contributed by atoms with Crippen molar-refractivity contribution >= 4 is 63.6 Å². The highest BCUT2D eigenvalue weighted by Crippen LogP contribution is 2.47. The molecule has 0 unspecified atom stereocenters. The second-order valence-corrected chi connectivity index (χ2v) is 8.70. The summed E-state index contributed by atoms with van der Waals surface area (Å²) in [6.07, 6.45) is 3.28. The Labute approximate surface area is 176 Å². The van der Waals surface area contributed by atoms with Crippen molar-refractivity contribution in [2.24, 2.45) is 5.92 Å². The molecule has 0 amide bonds. The lowest BCUT2D eigenvalue weighted by Gasteiger charge is -2.41. The number of piperidine rings is 1. The maximum absolute atomic E-state index is 12.5. The monoisotopic (exact) mass is 577 g/mol. The van der Waals surface area contributed by atoms with Crippen molar-refractivity contribution in [2.75, 3.05) is 21.3 Å². The van der Waals surface area contributed by atoms with E-state index in [1.165, 1.54) is 19.1 Å². The number of nitrogens with zero attached hydrogens (tertiary/aromatic N) is 1. The highest BCUT2D eigenvalue weighted by Gasteiger charge is 2.49. The fraction of sp³-hybridized carbons (Fsp3) is 0.588. The molecule has 0 aromatic heterocycles. The Kier molecular flexibility index (Phi) is 7.06. The van der Waals surface area contributed by atoms with Crippen molar-refractivity contribution in [3.05, 3.63) is 24.8 Å². The predicted octanol–water partition coefficient (Wildman–Crippen LogP) is 4.07. The van der Waals surface area contributed by atoms with Crippen molar-refractivity contribution < 1.29 is 14.3 Å². The SMILES string of the molecule is COC(=O)[C@H]1[C@@H](c2cc(I)c(OC)c(I)c2)C[C@@H]2CC[C@H]1N2C.Cl. The number of fused-ring (bicyclic) bond motifs is 2. The van der Waals surface area contributed by atoms with Crippen LogP contribution in [0.3, 0.4) is 0 Å². The van der Waals surface area contributed by atoms with Gasteiger partial charge in [-0.1, -0.05) is 0 Å². The van der Waals surface area contributed by atoms with E-state index in [4.69, 9.17) is 9.47 Å². The number of benzene rings is 1. The molecule has 2 aliphatic heterocycles. The van der Waals surface area contributed by atoms with Crippen LogP contribution in [0.5, 0.6) is 5.75 Å². The molecule has 4 nitrogen and oxygen atoms in total. The van der Waals surface area contributed by atoms with Gasteiger partial charge in [-0.15, -0.1) is 12.4 Å². The first-order valence-electron chi connectivity index (χ1n) is 7.80. The molecule has 134 valence electrons. The van der Waals surface area contributed by atoms with E-state index in [1.807, 2.05) is 0 Å². The summed E-state index contributed by atoms with van der Waals surface area (Å²) in [6.45, 7) is 0. The first kappa shape index (κ1) is 20.5. The summed E-state index contributed by atoms with van der Waals surface area (Å²) in [7, 11) is 5.35. The topological polar surface area (TPSA) is 38.8 Å². The number of carbonyl (C=O) groups excluding carboxylic acids is 1. The third kappa shape index (κ3) is 3.53. The second-order valence-electron chi connectivity index (χ2n) is 6.37. The number of hydrogen-bond acceptors (Lipinski definition) is 4. The van der Waals surface area contributed by atoms with Crippen molar-refractivity contribution in [3.63, 3.8) is 0 Å². The van der Waals surface area contributed by atoms with Crippen LogP contribution in [0, 0.1) is 13.1 Å². The second kappa shape index (κ2) is 8.26. The summed E-state index contributed by atoms with van der Waals surface area (Å²) in [5.74, 6) is 0.987. The van der Waals surface area contributed by atoms with Gasteiger partial charge in [0.25, 0.3) is 0 Å². The van der Waals surface area contributed by atoms with Crippen LogP contribution in [0.25, 0.3) is 0 Å². The average molecular weight is 578 g/mol. The van der Waals surface area contributed by atoms with Gasteiger partial charge in [0.05, 0.1) is 27.3 Å². The summed E-state index contributed by atoms with van der Waals surface area (Å²) >= 11 is 4.63. The Morgan fingerprint density at radius 2 is 1.83 bits per heavy atom. The molecule has 0 saturated carbocycles. The molecule has 1 aromatic carbocycles. The minimum atomic E-state index is -0.0799. The summed E-state index contributed by atoms with van der Waals surface area (Å²) in [5, 5.41) is 0. The molecule has 2 aliphatic rings. The smallest absolute Gasteiger partial charge is 0.310 e. The number of rotatable bonds is 3. The van der Waals surface area contributed by atoms with Gasteiger partial charge in [0.2, 0.25) is 0 Å². The van der Waals surface area contributed by atoms with Crippen LogP contribution in [0.4, 0.5) is 0 Å². The molecule has 0 spiro atoms. The van der Waals surface area contributed by atoms with Crippen molar-refractivity contribution in [1.82, 2.24) is 4.90 Å². The zero-order valence-electron chi connectivity index (χ0n) is 13.9. The molecular formula is C17H22ClI2NO3. The largest absolute Gasteiger partial charge is 0.495 e. The molecule has 2 saturated heterocycles.